The first-order chi connectivity index (χ1) is 8.69. The molecule has 4 heteroatoms. The Morgan fingerprint density at radius 2 is 1.11 bits per heavy atom. The van der Waals surface area contributed by atoms with Gasteiger partial charge in [-0.15, -0.1) is 0 Å². The molecule has 1 aromatic rings. The van der Waals surface area contributed by atoms with E-state index in [-0.39, 0.29) is 0 Å². The van der Waals surface area contributed by atoms with Crippen molar-refractivity contribution in [2.24, 2.45) is 0 Å². The lowest BCUT2D eigenvalue weighted by Crippen LogP contribution is -2.23. The van der Waals surface area contributed by atoms with Crippen LogP contribution in [0.5, 0.6) is 0 Å². The summed E-state index contributed by atoms with van der Waals surface area (Å²) >= 11 is 0. The van der Waals surface area contributed by atoms with Crippen LogP contribution >= 0.6 is 0 Å². The molecule has 1 rings (SSSR count). The normalized spacial score (nSPS) is 10.4. The van der Waals surface area contributed by atoms with Gasteiger partial charge in [0, 0.05) is 52.8 Å². The zero-order chi connectivity index (χ0) is 13.4. The van der Waals surface area contributed by atoms with E-state index in [1.54, 1.807) is 14.2 Å². The van der Waals surface area contributed by atoms with Crippen molar-refractivity contribution < 1.29 is 9.47 Å². The fourth-order valence-electron chi connectivity index (χ4n) is 1.68. The van der Waals surface area contributed by atoms with E-state index in [1.807, 2.05) is 0 Å². The summed E-state index contributed by atoms with van der Waals surface area (Å²) in [5, 5.41) is 0. The summed E-state index contributed by atoms with van der Waals surface area (Å²) in [6, 6.07) is 8.53. The molecule has 0 atom stereocenters. The first-order valence-corrected chi connectivity index (χ1v) is 6.19. The molecule has 0 bridgehead atoms. The van der Waals surface area contributed by atoms with E-state index in [2.05, 4.69) is 48.2 Å². The van der Waals surface area contributed by atoms with Gasteiger partial charge in [0.05, 0.1) is 13.2 Å². The number of hydrogen-bond donors (Lipinski definition) is 0. The maximum atomic E-state index is 5.08. The third-order valence-electron chi connectivity index (χ3n) is 2.99. The minimum absolute atomic E-state index is 0.742. The van der Waals surface area contributed by atoms with Gasteiger partial charge in [0.25, 0.3) is 0 Å². The lowest BCUT2D eigenvalue weighted by molar-refractivity contribution is 0.206. The van der Waals surface area contributed by atoms with Crippen LogP contribution in [-0.4, -0.2) is 54.6 Å². The van der Waals surface area contributed by atoms with Gasteiger partial charge in [-0.3, -0.25) is 0 Å². The molecule has 0 aliphatic carbocycles. The number of likely N-dealkylation sites (N-methyl/N-ethyl adjacent to an activating group) is 2. The van der Waals surface area contributed by atoms with Gasteiger partial charge in [-0.2, -0.15) is 0 Å². The molecule has 4 nitrogen and oxygen atoms in total. The van der Waals surface area contributed by atoms with Crippen LogP contribution in [0.2, 0.25) is 0 Å². The molecule has 0 unspecified atom stereocenters. The Bertz CT molecular complexity index is 294. The lowest BCUT2D eigenvalue weighted by Gasteiger charge is -2.22. The molecule has 18 heavy (non-hydrogen) atoms. The molecule has 0 N–H and O–H groups in total. The zero-order valence-corrected chi connectivity index (χ0v) is 11.8. The van der Waals surface area contributed by atoms with E-state index < -0.39 is 0 Å². The average molecular weight is 252 g/mol. The largest absolute Gasteiger partial charge is 0.383 e. The smallest absolute Gasteiger partial charge is 0.0637 e. The van der Waals surface area contributed by atoms with Crippen LogP contribution in [0.1, 0.15) is 0 Å². The number of benzene rings is 1. The highest BCUT2D eigenvalue weighted by molar-refractivity contribution is 5.55. The maximum absolute atomic E-state index is 5.08. The summed E-state index contributed by atoms with van der Waals surface area (Å²) in [5.74, 6) is 0. The van der Waals surface area contributed by atoms with Gasteiger partial charge in [0.1, 0.15) is 0 Å². The van der Waals surface area contributed by atoms with Crippen molar-refractivity contribution in [3.63, 3.8) is 0 Å². The molecule has 0 amide bonds. The minimum atomic E-state index is 0.742. The zero-order valence-electron chi connectivity index (χ0n) is 11.8. The molecule has 0 radical (unpaired) electrons. The number of hydrogen-bond acceptors (Lipinski definition) is 4. The summed E-state index contributed by atoms with van der Waals surface area (Å²) in [6.45, 7) is 3.28. The van der Waals surface area contributed by atoms with E-state index in [9.17, 15) is 0 Å². The lowest BCUT2D eigenvalue weighted by atomic mass is 10.2. The Hall–Kier alpha value is -1.26. The molecule has 102 valence electrons. The third kappa shape index (κ3) is 4.55. The molecular weight excluding hydrogens is 228 g/mol. The number of nitrogens with zero attached hydrogens (tertiary/aromatic N) is 2. The monoisotopic (exact) mass is 252 g/mol. The topological polar surface area (TPSA) is 24.9 Å². The summed E-state index contributed by atoms with van der Waals surface area (Å²) in [5.41, 5.74) is 2.41. The first kappa shape index (κ1) is 14.8. The average Bonchev–Trinajstić information content (AvgIpc) is 2.42. The minimum Gasteiger partial charge on any atom is -0.383 e. The van der Waals surface area contributed by atoms with Crippen LogP contribution in [0, 0.1) is 0 Å². The van der Waals surface area contributed by atoms with Crippen LogP contribution in [0.15, 0.2) is 24.3 Å². The van der Waals surface area contributed by atoms with Crippen molar-refractivity contribution in [3.05, 3.63) is 24.3 Å². The number of ether oxygens (including phenoxy) is 2. The van der Waals surface area contributed by atoms with Crippen LogP contribution in [0.3, 0.4) is 0 Å². The molecule has 0 saturated heterocycles. The van der Waals surface area contributed by atoms with Crippen LogP contribution < -0.4 is 9.80 Å². The fourth-order valence-corrected chi connectivity index (χ4v) is 1.68. The predicted octanol–water partition coefficient (Wildman–Crippen LogP) is 1.85. The fraction of sp³-hybridized carbons (Fsp3) is 0.571. The molecule has 1 aromatic carbocycles. The van der Waals surface area contributed by atoms with Gasteiger partial charge in [0.2, 0.25) is 0 Å². The van der Waals surface area contributed by atoms with Crippen molar-refractivity contribution in [1.29, 1.82) is 0 Å². The van der Waals surface area contributed by atoms with Crippen LogP contribution in [0.4, 0.5) is 11.4 Å². The molecule has 0 fully saturated rings. The SMILES string of the molecule is COCCN(C)c1ccc(N(C)CCOC)cc1. The number of rotatable bonds is 8. The Labute approximate surface area is 110 Å². The van der Waals surface area contributed by atoms with Crippen molar-refractivity contribution >= 4 is 11.4 Å². The van der Waals surface area contributed by atoms with Gasteiger partial charge in [-0.1, -0.05) is 0 Å². The highest BCUT2D eigenvalue weighted by Crippen LogP contribution is 2.18. The van der Waals surface area contributed by atoms with Crippen molar-refractivity contribution in [2.45, 2.75) is 0 Å². The summed E-state index contributed by atoms with van der Waals surface area (Å²) in [7, 11) is 7.59. The van der Waals surface area contributed by atoms with E-state index >= 15 is 0 Å². The van der Waals surface area contributed by atoms with E-state index in [0.717, 1.165) is 26.3 Å². The second kappa shape index (κ2) is 7.95. The molecule has 0 aromatic heterocycles. The number of anilines is 2. The van der Waals surface area contributed by atoms with E-state index in [1.165, 1.54) is 11.4 Å². The molecule has 0 saturated carbocycles. The van der Waals surface area contributed by atoms with Gasteiger partial charge in [0.15, 0.2) is 0 Å². The standard InChI is InChI=1S/C14H24N2O2/c1-15(9-11-17-3)13-5-7-14(8-6-13)16(2)10-12-18-4/h5-8H,9-12H2,1-4H3. The number of methoxy groups -OCH3 is 2. The molecule has 0 aliphatic heterocycles. The Balaban J connectivity index is 2.56. The second-order valence-electron chi connectivity index (χ2n) is 4.35. The Morgan fingerprint density at radius 3 is 1.39 bits per heavy atom. The quantitative estimate of drug-likeness (QED) is 0.705. The highest BCUT2D eigenvalue weighted by atomic mass is 16.5. The Morgan fingerprint density at radius 1 is 0.778 bits per heavy atom. The van der Waals surface area contributed by atoms with Gasteiger partial charge >= 0.3 is 0 Å². The summed E-state index contributed by atoms with van der Waals surface area (Å²) in [6.07, 6.45) is 0. The van der Waals surface area contributed by atoms with Gasteiger partial charge < -0.3 is 19.3 Å². The van der Waals surface area contributed by atoms with Crippen molar-refractivity contribution in [2.75, 3.05) is 64.4 Å². The predicted molar refractivity (Wildman–Crippen MR) is 76.7 cm³/mol. The van der Waals surface area contributed by atoms with Crippen LogP contribution in [-0.2, 0) is 9.47 Å². The maximum Gasteiger partial charge on any atom is 0.0637 e. The van der Waals surface area contributed by atoms with Gasteiger partial charge in [-0.25, -0.2) is 0 Å². The van der Waals surface area contributed by atoms with E-state index in [0.29, 0.717) is 0 Å². The van der Waals surface area contributed by atoms with Crippen molar-refractivity contribution in [3.8, 4) is 0 Å². The molecular formula is C14H24N2O2. The summed E-state index contributed by atoms with van der Waals surface area (Å²) in [4.78, 5) is 4.37. The van der Waals surface area contributed by atoms with E-state index in [4.69, 9.17) is 9.47 Å². The second-order valence-corrected chi connectivity index (χ2v) is 4.35. The third-order valence-corrected chi connectivity index (χ3v) is 2.99. The highest BCUT2D eigenvalue weighted by Gasteiger charge is 2.03. The molecule has 0 heterocycles. The van der Waals surface area contributed by atoms with Crippen molar-refractivity contribution in [1.82, 2.24) is 0 Å². The Kier molecular flexibility index (Phi) is 6.54. The molecule has 0 spiro atoms. The molecule has 0 aliphatic rings. The first-order valence-electron chi connectivity index (χ1n) is 6.19. The van der Waals surface area contributed by atoms with Crippen LogP contribution in [0.25, 0.3) is 0 Å². The summed E-state index contributed by atoms with van der Waals surface area (Å²) < 4.78 is 10.2. The van der Waals surface area contributed by atoms with Gasteiger partial charge in [-0.05, 0) is 24.3 Å².